The Morgan fingerprint density at radius 3 is 2.27 bits per heavy atom. The van der Waals surface area contributed by atoms with Crippen LogP contribution in [0.3, 0.4) is 0 Å². The van der Waals surface area contributed by atoms with E-state index in [1.165, 1.54) is 18.4 Å². The van der Waals surface area contributed by atoms with Crippen LogP contribution in [0.2, 0.25) is 0 Å². The summed E-state index contributed by atoms with van der Waals surface area (Å²) in [6.45, 7) is 2.10. The highest BCUT2D eigenvalue weighted by Crippen LogP contribution is 2.47. The van der Waals surface area contributed by atoms with Gasteiger partial charge in [-0.3, -0.25) is 9.59 Å². The zero-order valence-corrected chi connectivity index (χ0v) is 13.2. The van der Waals surface area contributed by atoms with E-state index in [2.05, 4.69) is 17.6 Å². The van der Waals surface area contributed by atoms with Gasteiger partial charge in [-0.05, 0) is 49.8 Å². The van der Waals surface area contributed by atoms with E-state index >= 15 is 0 Å². The maximum absolute atomic E-state index is 12.5. The topological polar surface area (TPSA) is 58.2 Å². The minimum atomic E-state index is -0.827. The van der Waals surface area contributed by atoms with Gasteiger partial charge in [-0.1, -0.05) is 31.9 Å². The fourth-order valence-corrected chi connectivity index (χ4v) is 3.15. The van der Waals surface area contributed by atoms with Crippen LogP contribution >= 0.6 is 0 Å². The summed E-state index contributed by atoms with van der Waals surface area (Å²) in [7, 11) is 0. The van der Waals surface area contributed by atoms with E-state index in [4.69, 9.17) is 0 Å². The lowest BCUT2D eigenvalue weighted by molar-refractivity contribution is -0.134. The van der Waals surface area contributed by atoms with Crippen molar-refractivity contribution in [2.75, 3.05) is 5.32 Å². The molecule has 3 rings (SSSR count). The summed E-state index contributed by atoms with van der Waals surface area (Å²) < 4.78 is 0. The third-order valence-corrected chi connectivity index (χ3v) is 4.93. The van der Waals surface area contributed by atoms with Crippen LogP contribution in [0.15, 0.2) is 24.3 Å². The first-order chi connectivity index (χ1) is 10.6. The number of rotatable bonds is 5. The van der Waals surface area contributed by atoms with E-state index in [-0.39, 0.29) is 17.9 Å². The lowest BCUT2D eigenvalue weighted by Gasteiger charge is -2.18. The first-order valence-corrected chi connectivity index (χ1v) is 8.35. The fourth-order valence-electron chi connectivity index (χ4n) is 3.15. The number of amides is 2. The highest BCUT2D eigenvalue weighted by Gasteiger charge is 2.56. The van der Waals surface area contributed by atoms with Gasteiger partial charge in [0.1, 0.15) is 5.41 Å². The Kier molecular flexibility index (Phi) is 4.19. The summed E-state index contributed by atoms with van der Waals surface area (Å²) in [4.78, 5) is 24.9. The lowest BCUT2D eigenvalue weighted by atomic mass is 10.0. The molecule has 0 aliphatic heterocycles. The number of benzene rings is 1. The SMILES string of the molecule is CCc1ccc(NC(=O)C2(C(=O)NC3CCCC3)CC2)cc1. The molecule has 0 radical (unpaired) electrons. The second-order valence-electron chi connectivity index (χ2n) is 6.54. The molecule has 2 N–H and O–H groups in total. The summed E-state index contributed by atoms with van der Waals surface area (Å²) in [5.41, 5.74) is 1.17. The van der Waals surface area contributed by atoms with Crippen LogP contribution in [0.25, 0.3) is 0 Å². The van der Waals surface area contributed by atoms with Gasteiger partial charge in [-0.2, -0.15) is 0 Å². The fraction of sp³-hybridized carbons (Fsp3) is 0.556. The van der Waals surface area contributed by atoms with Gasteiger partial charge in [0, 0.05) is 11.7 Å². The quantitative estimate of drug-likeness (QED) is 0.821. The largest absolute Gasteiger partial charge is 0.352 e. The van der Waals surface area contributed by atoms with Crippen LogP contribution in [0, 0.1) is 5.41 Å². The second kappa shape index (κ2) is 6.11. The summed E-state index contributed by atoms with van der Waals surface area (Å²) in [5, 5.41) is 5.97. The van der Waals surface area contributed by atoms with Gasteiger partial charge < -0.3 is 10.6 Å². The number of hydrogen-bond donors (Lipinski definition) is 2. The Morgan fingerprint density at radius 2 is 1.73 bits per heavy atom. The molecule has 0 heterocycles. The molecule has 0 spiro atoms. The molecule has 2 aliphatic carbocycles. The van der Waals surface area contributed by atoms with Gasteiger partial charge in [-0.15, -0.1) is 0 Å². The van der Waals surface area contributed by atoms with E-state index in [1.54, 1.807) is 0 Å². The van der Waals surface area contributed by atoms with E-state index in [9.17, 15) is 9.59 Å². The maximum Gasteiger partial charge on any atom is 0.240 e. The lowest BCUT2D eigenvalue weighted by Crippen LogP contribution is -2.43. The average molecular weight is 300 g/mol. The zero-order chi connectivity index (χ0) is 15.6. The predicted molar refractivity (Wildman–Crippen MR) is 86.5 cm³/mol. The molecule has 22 heavy (non-hydrogen) atoms. The molecule has 2 fully saturated rings. The van der Waals surface area contributed by atoms with E-state index < -0.39 is 5.41 Å². The number of anilines is 1. The van der Waals surface area contributed by atoms with Crippen molar-refractivity contribution in [2.24, 2.45) is 5.41 Å². The third kappa shape index (κ3) is 3.01. The maximum atomic E-state index is 12.5. The van der Waals surface area contributed by atoms with Crippen LogP contribution in [0.5, 0.6) is 0 Å². The number of hydrogen-bond acceptors (Lipinski definition) is 2. The van der Waals surface area contributed by atoms with E-state index in [0.29, 0.717) is 12.8 Å². The van der Waals surface area contributed by atoms with Gasteiger partial charge in [0.2, 0.25) is 11.8 Å². The van der Waals surface area contributed by atoms with Crippen molar-refractivity contribution in [2.45, 2.75) is 57.9 Å². The summed E-state index contributed by atoms with van der Waals surface area (Å²) in [6, 6.07) is 8.09. The van der Waals surface area contributed by atoms with Gasteiger partial charge in [0.05, 0.1) is 0 Å². The van der Waals surface area contributed by atoms with Crippen molar-refractivity contribution >= 4 is 17.5 Å². The number of carbonyl (C=O) groups excluding carboxylic acids is 2. The standard InChI is InChI=1S/C18H24N2O2/c1-2-13-7-9-15(10-8-13)20-17(22)18(11-12-18)16(21)19-14-5-3-4-6-14/h7-10,14H,2-6,11-12H2,1H3,(H,19,21)(H,20,22). The first-order valence-electron chi connectivity index (χ1n) is 8.35. The molecule has 0 bridgehead atoms. The van der Waals surface area contributed by atoms with Gasteiger partial charge in [0.25, 0.3) is 0 Å². The molecule has 0 aromatic heterocycles. The molecule has 4 heteroatoms. The van der Waals surface area contributed by atoms with Crippen molar-refractivity contribution in [3.05, 3.63) is 29.8 Å². The van der Waals surface area contributed by atoms with Crippen LogP contribution in [0.4, 0.5) is 5.69 Å². The minimum Gasteiger partial charge on any atom is -0.352 e. The number of carbonyl (C=O) groups is 2. The normalized spacial score (nSPS) is 19.7. The number of nitrogens with one attached hydrogen (secondary N) is 2. The highest BCUT2D eigenvalue weighted by molar-refractivity contribution is 6.13. The predicted octanol–water partition coefficient (Wildman–Crippen LogP) is 3.03. The highest BCUT2D eigenvalue weighted by atomic mass is 16.2. The van der Waals surface area contributed by atoms with Crippen molar-refractivity contribution in [3.8, 4) is 0 Å². The molecule has 2 aliphatic rings. The van der Waals surface area contributed by atoms with E-state index in [0.717, 1.165) is 24.9 Å². The average Bonchev–Trinajstić information content (AvgIpc) is 3.20. The van der Waals surface area contributed by atoms with Gasteiger partial charge in [0.15, 0.2) is 0 Å². The van der Waals surface area contributed by atoms with Crippen LogP contribution in [0.1, 0.15) is 51.0 Å². The van der Waals surface area contributed by atoms with Gasteiger partial charge in [-0.25, -0.2) is 0 Å². The van der Waals surface area contributed by atoms with Crippen LogP contribution in [-0.4, -0.2) is 17.9 Å². The molecule has 4 nitrogen and oxygen atoms in total. The molecular formula is C18H24N2O2. The first kappa shape index (κ1) is 15.1. The van der Waals surface area contributed by atoms with Gasteiger partial charge >= 0.3 is 0 Å². The smallest absolute Gasteiger partial charge is 0.240 e. The van der Waals surface area contributed by atoms with Crippen molar-refractivity contribution in [1.29, 1.82) is 0 Å². The summed E-state index contributed by atoms with van der Waals surface area (Å²) >= 11 is 0. The minimum absolute atomic E-state index is 0.0814. The van der Waals surface area contributed by atoms with E-state index in [1.807, 2.05) is 24.3 Å². The zero-order valence-electron chi connectivity index (χ0n) is 13.2. The van der Waals surface area contributed by atoms with Crippen molar-refractivity contribution in [1.82, 2.24) is 5.32 Å². The molecule has 1 aromatic rings. The monoisotopic (exact) mass is 300 g/mol. The molecule has 0 saturated heterocycles. The number of aryl methyl sites for hydroxylation is 1. The Labute approximate surface area is 131 Å². The van der Waals surface area contributed by atoms with Crippen molar-refractivity contribution < 1.29 is 9.59 Å². The Morgan fingerprint density at radius 1 is 1.09 bits per heavy atom. The Hall–Kier alpha value is -1.84. The Bertz CT molecular complexity index is 555. The molecular weight excluding hydrogens is 276 g/mol. The molecule has 0 atom stereocenters. The molecule has 1 aromatic carbocycles. The summed E-state index contributed by atoms with van der Waals surface area (Å²) in [6.07, 6.45) is 6.72. The van der Waals surface area contributed by atoms with Crippen LogP contribution < -0.4 is 10.6 Å². The molecule has 2 amide bonds. The molecule has 118 valence electrons. The molecule has 2 saturated carbocycles. The molecule has 0 unspecified atom stereocenters. The second-order valence-corrected chi connectivity index (χ2v) is 6.54. The summed E-state index contributed by atoms with van der Waals surface area (Å²) in [5.74, 6) is -0.241. The third-order valence-electron chi connectivity index (χ3n) is 4.93. The van der Waals surface area contributed by atoms with Crippen LogP contribution in [-0.2, 0) is 16.0 Å². The Balaban J connectivity index is 1.61. The van der Waals surface area contributed by atoms with Crippen molar-refractivity contribution in [3.63, 3.8) is 0 Å².